The molecule has 0 unspecified atom stereocenters. The molecule has 1 heterocycles. The Balaban J connectivity index is 3.05. The van der Waals surface area contributed by atoms with Crippen LogP contribution in [0.3, 0.4) is 0 Å². The number of rotatable bonds is 3. The van der Waals surface area contributed by atoms with Crippen molar-refractivity contribution in [2.45, 2.75) is 19.4 Å². The average Bonchev–Trinajstić information content (AvgIpc) is 2.78. The Morgan fingerprint density at radius 1 is 1.43 bits per heavy atom. The summed E-state index contributed by atoms with van der Waals surface area (Å²) in [5.41, 5.74) is -4.06. The van der Waals surface area contributed by atoms with Crippen LogP contribution in [0.2, 0.25) is 0 Å². The zero-order chi connectivity index (χ0) is 15.9. The van der Waals surface area contributed by atoms with Gasteiger partial charge >= 0.3 is 11.2 Å². The second kappa shape index (κ2) is 4.37. The third kappa shape index (κ3) is 1.89. The van der Waals surface area contributed by atoms with Gasteiger partial charge in [-0.3, -0.25) is 24.9 Å². The minimum Gasteiger partial charge on any atom is -0.359 e. The molecule has 1 aromatic heterocycles. The van der Waals surface area contributed by atoms with Crippen LogP contribution in [0.15, 0.2) is 10.7 Å². The molecule has 2 aromatic rings. The maximum atomic E-state index is 11.6. The number of hydrogen-bond acceptors (Lipinski definition) is 8. The Morgan fingerprint density at radius 2 is 2.05 bits per heavy atom. The summed E-state index contributed by atoms with van der Waals surface area (Å²) >= 11 is 0. The van der Waals surface area contributed by atoms with Crippen molar-refractivity contribution in [2.75, 3.05) is 0 Å². The number of fused-ring (bicyclic) bond motifs is 1. The van der Waals surface area contributed by atoms with Crippen molar-refractivity contribution >= 4 is 16.7 Å². The highest BCUT2D eigenvalue weighted by Crippen LogP contribution is 2.35. The average molecular weight is 293 g/mol. The van der Waals surface area contributed by atoms with Crippen LogP contribution in [0.4, 0.5) is 5.69 Å². The lowest BCUT2D eigenvalue weighted by molar-refractivity contribution is -0.782. The molecule has 0 bridgehead atoms. The third-order valence-electron chi connectivity index (χ3n) is 3.03. The molecule has 0 fully saturated rings. The first kappa shape index (κ1) is 14.1. The van der Waals surface area contributed by atoms with Crippen LogP contribution in [-0.4, -0.2) is 15.0 Å². The smallest absolute Gasteiger partial charge is 0.328 e. The molecule has 1 aromatic carbocycles. The summed E-state index contributed by atoms with van der Waals surface area (Å²) in [5, 5.41) is 46.1. The van der Waals surface area contributed by atoms with E-state index in [1.165, 1.54) is 13.8 Å². The van der Waals surface area contributed by atoms with E-state index in [0.717, 1.165) is 6.07 Å². The van der Waals surface area contributed by atoms with Crippen molar-refractivity contribution in [3.8, 4) is 6.07 Å². The number of non-ortho nitro benzene ring substituents is 1. The number of nitriles is 1. The van der Waals surface area contributed by atoms with Crippen LogP contribution < -0.4 is 4.90 Å². The molecule has 0 aliphatic heterocycles. The van der Waals surface area contributed by atoms with Gasteiger partial charge in [0.15, 0.2) is 0 Å². The summed E-state index contributed by atoms with van der Waals surface area (Å²) in [6.07, 6.45) is 0. The molecule has 11 heteroatoms. The first-order valence-electron chi connectivity index (χ1n) is 5.47. The van der Waals surface area contributed by atoms with Crippen molar-refractivity contribution in [1.82, 2.24) is 5.16 Å². The standard InChI is InChI=1S/C10H7N5O6/c1-10(2,15(19)20)7-5(4-11)3-6(13(16)17)8-9(7)14(18)21-12-8/h3H,1-2H3. The molecule has 0 saturated carbocycles. The summed E-state index contributed by atoms with van der Waals surface area (Å²) < 4.78 is 4.30. The minimum absolute atomic E-state index is 0.177. The van der Waals surface area contributed by atoms with Gasteiger partial charge in [-0.2, -0.15) is 5.26 Å². The van der Waals surface area contributed by atoms with E-state index in [1.807, 2.05) is 0 Å². The summed E-state index contributed by atoms with van der Waals surface area (Å²) in [7, 11) is 0. The minimum atomic E-state index is -1.84. The molecule has 0 atom stereocenters. The Hall–Kier alpha value is -3.29. The maximum Gasteiger partial charge on any atom is 0.328 e. The number of nitro benzene ring substituents is 1. The summed E-state index contributed by atoms with van der Waals surface area (Å²) in [5.74, 6) is 0. The van der Waals surface area contributed by atoms with Crippen molar-refractivity contribution in [2.24, 2.45) is 0 Å². The fourth-order valence-corrected chi connectivity index (χ4v) is 1.97. The molecule has 2 rings (SSSR count). The summed E-state index contributed by atoms with van der Waals surface area (Å²) in [6.45, 7) is 2.34. The number of benzene rings is 1. The number of nitro groups is 2. The highest BCUT2D eigenvalue weighted by molar-refractivity contribution is 5.87. The number of hydrogen-bond donors (Lipinski definition) is 0. The van der Waals surface area contributed by atoms with Gasteiger partial charge in [-0.1, -0.05) is 0 Å². The maximum absolute atomic E-state index is 11.6. The van der Waals surface area contributed by atoms with Gasteiger partial charge in [-0.15, -0.1) is 0 Å². The molecule has 11 nitrogen and oxygen atoms in total. The van der Waals surface area contributed by atoms with Crippen LogP contribution in [-0.2, 0) is 5.54 Å². The lowest BCUT2D eigenvalue weighted by atomic mass is 9.89. The lowest BCUT2D eigenvalue weighted by Gasteiger charge is -2.16. The number of nitrogens with zero attached hydrogens (tertiary/aromatic N) is 5. The van der Waals surface area contributed by atoms with Gasteiger partial charge in [0, 0.05) is 24.8 Å². The number of aromatic nitrogens is 2. The molecule has 0 aliphatic carbocycles. The zero-order valence-electron chi connectivity index (χ0n) is 10.8. The molecule has 21 heavy (non-hydrogen) atoms. The van der Waals surface area contributed by atoms with Gasteiger partial charge in [0.1, 0.15) is 11.6 Å². The van der Waals surface area contributed by atoms with Gasteiger partial charge in [-0.05, 0) is 4.90 Å². The van der Waals surface area contributed by atoms with Crippen molar-refractivity contribution in [3.63, 3.8) is 0 Å². The predicted molar refractivity (Wildman–Crippen MR) is 64.4 cm³/mol. The lowest BCUT2D eigenvalue weighted by Crippen LogP contribution is -2.34. The quantitative estimate of drug-likeness (QED) is 0.454. The highest BCUT2D eigenvalue weighted by Gasteiger charge is 2.43. The zero-order valence-corrected chi connectivity index (χ0v) is 10.8. The highest BCUT2D eigenvalue weighted by atomic mass is 16.8. The molecule has 0 aliphatic rings. The SMILES string of the molecule is CC(C)(c1c(C#N)cc([N+](=O)[O-])c2no[n+]([O-])c12)[N+](=O)[O-]. The van der Waals surface area contributed by atoms with Crippen LogP contribution in [0.1, 0.15) is 25.0 Å². The Bertz CT molecular complexity index is 817. The Morgan fingerprint density at radius 3 is 2.52 bits per heavy atom. The van der Waals surface area contributed by atoms with Gasteiger partial charge in [-0.25, -0.2) is 0 Å². The van der Waals surface area contributed by atoms with Gasteiger partial charge in [0.25, 0.3) is 0 Å². The monoisotopic (exact) mass is 293 g/mol. The van der Waals surface area contributed by atoms with Crippen molar-refractivity contribution in [3.05, 3.63) is 42.6 Å². The molecule has 0 saturated heterocycles. The topological polar surface area (TPSA) is 163 Å². The van der Waals surface area contributed by atoms with Crippen LogP contribution in [0.5, 0.6) is 0 Å². The van der Waals surface area contributed by atoms with E-state index in [9.17, 15) is 25.4 Å². The molecule has 108 valence electrons. The second-order valence-electron chi connectivity index (χ2n) is 4.63. The van der Waals surface area contributed by atoms with E-state index < -0.39 is 32.1 Å². The van der Waals surface area contributed by atoms with Gasteiger partial charge in [0.2, 0.25) is 11.1 Å². The summed E-state index contributed by atoms with van der Waals surface area (Å²) in [6, 6.07) is 2.47. The molecular weight excluding hydrogens is 286 g/mol. The molecule has 0 amide bonds. The van der Waals surface area contributed by atoms with E-state index in [0.29, 0.717) is 0 Å². The van der Waals surface area contributed by atoms with Crippen LogP contribution >= 0.6 is 0 Å². The van der Waals surface area contributed by atoms with E-state index in [1.54, 1.807) is 6.07 Å². The van der Waals surface area contributed by atoms with Crippen molar-refractivity contribution in [1.29, 1.82) is 5.26 Å². The first-order chi connectivity index (χ1) is 9.71. The molecular formula is C10H7N5O6. The van der Waals surface area contributed by atoms with Gasteiger partial charge in [0.05, 0.1) is 15.6 Å². The molecule has 0 N–H and O–H groups in total. The van der Waals surface area contributed by atoms with E-state index in [4.69, 9.17) is 5.26 Å². The Kier molecular flexibility index (Phi) is 2.94. The van der Waals surface area contributed by atoms with Gasteiger partial charge < -0.3 is 5.21 Å². The van der Waals surface area contributed by atoms with Crippen LogP contribution in [0, 0.1) is 36.8 Å². The summed E-state index contributed by atoms with van der Waals surface area (Å²) in [4.78, 5) is 20.4. The molecule has 0 radical (unpaired) electrons. The molecule has 0 spiro atoms. The van der Waals surface area contributed by atoms with Crippen LogP contribution in [0.25, 0.3) is 11.0 Å². The van der Waals surface area contributed by atoms with E-state index >= 15 is 0 Å². The largest absolute Gasteiger partial charge is 0.359 e. The third-order valence-corrected chi connectivity index (χ3v) is 3.03. The van der Waals surface area contributed by atoms with Crippen molar-refractivity contribution < 1.29 is 19.4 Å². The second-order valence-corrected chi connectivity index (χ2v) is 4.63. The fourth-order valence-electron chi connectivity index (χ4n) is 1.97. The fraction of sp³-hybridized carbons (Fsp3) is 0.300. The van der Waals surface area contributed by atoms with E-state index in [-0.39, 0.29) is 16.0 Å². The normalized spacial score (nSPS) is 11.3. The predicted octanol–water partition coefficient (Wildman–Crippen LogP) is 0.753. The van der Waals surface area contributed by atoms with E-state index in [2.05, 4.69) is 9.79 Å². The Labute approximate surface area is 115 Å². The first-order valence-corrected chi connectivity index (χ1v) is 5.47.